The normalized spacial score (nSPS) is 16.9. The molecule has 2 rings (SSSR count). The lowest BCUT2D eigenvalue weighted by atomic mass is 9.90. The SMILES string of the molecule is C=C(C)C1C=C(NNC(=O)COc2cccc(C)c2)C(C)=CC1. The van der Waals surface area contributed by atoms with E-state index in [0.29, 0.717) is 11.7 Å². The number of rotatable bonds is 6. The van der Waals surface area contributed by atoms with Gasteiger partial charge in [-0.3, -0.25) is 15.6 Å². The van der Waals surface area contributed by atoms with Gasteiger partial charge in [0.05, 0.1) is 5.70 Å². The van der Waals surface area contributed by atoms with Crippen LogP contribution in [0.2, 0.25) is 0 Å². The van der Waals surface area contributed by atoms with E-state index in [4.69, 9.17) is 4.74 Å². The third-order valence-electron chi connectivity index (χ3n) is 3.80. The second kappa shape index (κ2) is 7.68. The van der Waals surface area contributed by atoms with Gasteiger partial charge in [0.15, 0.2) is 6.61 Å². The van der Waals surface area contributed by atoms with Gasteiger partial charge < -0.3 is 4.74 Å². The molecule has 0 bridgehead atoms. The zero-order chi connectivity index (χ0) is 16.8. The summed E-state index contributed by atoms with van der Waals surface area (Å²) in [6, 6.07) is 7.62. The molecule has 0 spiro atoms. The molecule has 2 N–H and O–H groups in total. The Bertz CT molecular complexity index is 659. The largest absolute Gasteiger partial charge is 0.484 e. The van der Waals surface area contributed by atoms with E-state index in [2.05, 4.69) is 29.6 Å². The first-order chi connectivity index (χ1) is 11.0. The maximum absolute atomic E-state index is 11.9. The molecular formula is C19H24N2O2. The maximum Gasteiger partial charge on any atom is 0.276 e. The number of hydrazine groups is 1. The van der Waals surface area contributed by atoms with Crippen LogP contribution in [0.25, 0.3) is 0 Å². The van der Waals surface area contributed by atoms with Gasteiger partial charge in [0, 0.05) is 5.92 Å². The lowest BCUT2D eigenvalue weighted by Gasteiger charge is -2.21. The Balaban J connectivity index is 1.84. The van der Waals surface area contributed by atoms with Gasteiger partial charge in [-0.25, -0.2) is 0 Å². The molecule has 1 aliphatic rings. The molecule has 1 aromatic rings. The van der Waals surface area contributed by atoms with Crippen LogP contribution >= 0.6 is 0 Å². The monoisotopic (exact) mass is 312 g/mol. The van der Waals surface area contributed by atoms with Crippen LogP contribution in [0.1, 0.15) is 25.8 Å². The second-order valence-corrected chi connectivity index (χ2v) is 5.93. The van der Waals surface area contributed by atoms with Crippen molar-refractivity contribution in [3.05, 3.63) is 65.4 Å². The standard InChI is InChI=1S/C19H24N2O2/c1-13(2)16-9-8-15(4)18(11-16)20-21-19(22)12-23-17-7-5-6-14(3)10-17/h5-8,10-11,16,20H,1,9,12H2,2-4H3,(H,21,22). The highest BCUT2D eigenvalue weighted by Crippen LogP contribution is 2.25. The Morgan fingerprint density at radius 3 is 2.87 bits per heavy atom. The summed E-state index contributed by atoms with van der Waals surface area (Å²) in [5.41, 5.74) is 9.88. The quantitative estimate of drug-likeness (QED) is 0.625. The number of carbonyl (C=O) groups excluding carboxylic acids is 1. The summed E-state index contributed by atoms with van der Waals surface area (Å²) >= 11 is 0. The number of aryl methyl sites for hydroxylation is 1. The molecule has 1 unspecified atom stereocenters. The minimum atomic E-state index is -0.224. The molecule has 0 fully saturated rings. The van der Waals surface area contributed by atoms with E-state index in [1.54, 1.807) is 0 Å². The zero-order valence-corrected chi connectivity index (χ0v) is 14.0. The predicted molar refractivity (Wildman–Crippen MR) is 92.7 cm³/mol. The highest BCUT2D eigenvalue weighted by molar-refractivity contribution is 5.77. The summed E-state index contributed by atoms with van der Waals surface area (Å²) in [5.74, 6) is 0.773. The summed E-state index contributed by atoms with van der Waals surface area (Å²) in [7, 11) is 0. The number of hydrogen-bond donors (Lipinski definition) is 2. The van der Waals surface area contributed by atoms with Crippen molar-refractivity contribution in [3.8, 4) is 5.75 Å². The van der Waals surface area contributed by atoms with Crippen molar-refractivity contribution in [2.45, 2.75) is 27.2 Å². The Morgan fingerprint density at radius 1 is 1.39 bits per heavy atom. The Labute approximate surface area is 137 Å². The molecule has 1 aliphatic carbocycles. The van der Waals surface area contributed by atoms with E-state index < -0.39 is 0 Å². The lowest BCUT2D eigenvalue weighted by molar-refractivity contribution is -0.123. The molecule has 0 radical (unpaired) electrons. The average molecular weight is 312 g/mol. The highest BCUT2D eigenvalue weighted by Gasteiger charge is 2.14. The molecule has 0 aliphatic heterocycles. The molecule has 23 heavy (non-hydrogen) atoms. The van der Waals surface area contributed by atoms with Gasteiger partial charge in [-0.2, -0.15) is 0 Å². The summed E-state index contributed by atoms with van der Waals surface area (Å²) in [5, 5.41) is 0. The van der Waals surface area contributed by atoms with Crippen LogP contribution in [0.3, 0.4) is 0 Å². The smallest absolute Gasteiger partial charge is 0.276 e. The third-order valence-corrected chi connectivity index (χ3v) is 3.80. The maximum atomic E-state index is 11.9. The van der Waals surface area contributed by atoms with E-state index >= 15 is 0 Å². The van der Waals surface area contributed by atoms with E-state index in [0.717, 1.165) is 28.8 Å². The molecule has 0 saturated heterocycles. The fourth-order valence-electron chi connectivity index (χ4n) is 2.33. The van der Waals surface area contributed by atoms with Gasteiger partial charge in [0.2, 0.25) is 0 Å². The van der Waals surface area contributed by atoms with Crippen molar-refractivity contribution in [3.63, 3.8) is 0 Å². The number of hydrogen-bond acceptors (Lipinski definition) is 3. The minimum absolute atomic E-state index is 0.0313. The van der Waals surface area contributed by atoms with Crippen LogP contribution in [0, 0.1) is 12.8 Å². The zero-order valence-electron chi connectivity index (χ0n) is 14.0. The highest BCUT2D eigenvalue weighted by atomic mass is 16.5. The first-order valence-corrected chi connectivity index (χ1v) is 7.74. The number of benzene rings is 1. The van der Waals surface area contributed by atoms with Gasteiger partial charge >= 0.3 is 0 Å². The molecular weight excluding hydrogens is 288 g/mol. The number of amides is 1. The van der Waals surface area contributed by atoms with Gasteiger partial charge in [-0.15, -0.1) is 0 Å². The summed E-state index contributed by atoms with van der Waals surface area (Å²) < 4.78 is 5.47. The molecule has 1 aromatic carbocycles. The van der Waals surface area contributed by atoms with Crippen LogP contribution in [0.4, 0.5) is 0 Å². The number of carbonyl (C=O) groups is 1. The third kappa shape index (κ3) is 5.02. The van der Waals surface area contributed by atoms with Crippen LogP contribution in [-0.4, -0.2) is 12.5 Å². The topological polar surface area (TPSA) is 50.4 Å². The molecule has 0 aromatic heterocycles. The van der Waals surface area contributed by atoms with Crippen LogP contribution in [0.15, 0.2) is 59.8 Å². The molecule has 0 heterocycles. The molecule has 4 heteroatoms. The fraction of sp³-hybridized carbons (Fsp3) is 0.316. The van der Waals surface area contributed by atoms with Crippen molar-refractivity contribution in [1.82, 2.24) is 10.9 Å². The fourth-order valence-corrected chi connectivity index (χ4v) is 2.33. The lowest BCUT2D eigenvalue weighted by Crippen LogP contribution is -2.40. The molecule has 4 nitrogen and oxygen atoms in total. The van der Waals surface area contributed by atoms with E-state index in [9.17, 15) is 4.79 Å². The van der Waals surface area contributed by atoms with Gasteiger partial charge in [0.1, 0.15) is 5.75 Å². The van der Waals surface area contributed by atoms with Crippen molar-refractivity contribution < 1.29 is 9.53 Å². The molecule has 0 saturated carbocycles. The summed E-state index contributed by atoms with van der Waals surface area (Å²) in [6.45, 7) is 9.98. The average Bonchev–Trinajstić information content (AvgIpc) is 2.52. The number of ether oxygens (including phenoxy) is 1. The van der Waals surface area contributed by atoms with Crippen molar-refractivity contribution in [2.75, 3.05) is 6.61 Å². The van der Waals surface area contributed by atoms with Gasteiger partial charge in [-0.1, -0.05) is 36.4 Å². The minimum Gasteiger partial charge on any atom is -0.484 e. The van der Waals surface area contributed by atoms with Crippen LogP contribution in [-0.2, 0) is 4.79 Å². The number of nitrogens with one attached hydrogen (secondary N) is 2. The second-order valence-electron chi connectivity index (χ2n) is 5.93. The van der Waals surface area contributed by atoms with Gasteiger partial charge in [0.25, 0.3) is 5.91 Å². The molecule has 1 atom stereocenters. The first-order valence-electron chi connectivity index (χ1n) is 7.74. The van der Waals surface area contributed by atoms with Gasteiger partial charge in [-0.05, 0) is 50.5 Å². The molecule has 122 valence electrons. The summed E-state index contributed by atoms with van der Waals surface area (Å²) in [6.07, 6.45) is 5.20. The van der Waals surface area contributed by atoms with Crippen LogP contribution < -0.4 is 15.6 Å². The Hall–Kier alpha value is -2.49. The van der Waals surface area contributed by atoms with Crippen LogP contribution in [0.5, 0.6) is 5.75 Å². The predicted octanol–water partition coefficient (Wildman–Crippen LogP) is 3.42. The van der Waals surface area contributed by atoms with E-state index in [1.807, 2.05) is 45.0 Å². The van der Waals surface area contributed by atoms with Crippen molar-refractivity contribution >= 4 is 5.91 Å². The molecule has 1 amide bonds. The number of allylic oxidation sites excluding steroid dienone is 4. The Morgan fingerprint density at radius 2 is 2.17 bits per heavy atom. The van der Waals surface area contributed by atoms with Crippen molar-refractivity contribution in [2.24, 2.45) is 5.92 Å². The van der Waals surface area contributed by atoms with E-state index in [1.165, 1.54) is 0 Å². The van der Waals surface area contributed by atoms with E-state index in [-0.39, 0.29) is 12.5 Å². The summed E-state index contributed by atoms with van der Waals surface area (Å²) in [4.78, 5) is 11.9. The Kier molecular flexibility index (Phi) is 5.63. The van der Waals surface area contributed by atoms with Crippen molar-refractivity contribution in [1.29, 1.82) is 0 Å². The first kappa shape index (κ1) is 16.9.